The van der Waals surface area contributed by atoms with E-state index in [1.807, 2.05) is 30.5 Å². The summed E-state index contributed by atoms with van der Waals surface area (Å²) in [4.78, 5) is 27.0. The van der Waals surface area contributed by atoms with E-state index in [9.17, 15) is 14.7 Å². The smallest absolute Gasteiger partial charge is 0.326 e. The lowest BCUT2D eigenvalue weighted by atomic mass is 10.0. The van der Waals surface area contributed by atoms with Crippen LogP contribution in [0.2, 0.25) is 0 Å². The molecule has 0 radical (unpaired) electrons. The second kappa shape index (κ2) is 14.4. The number of carboxylic acid groups (broad SMARTS) is 1. The summed E-state index contributed by atoms with van der Waals surface area (Å²) in [5, 5.41) is 13.2. The topological polar surface area (TPSA) is 82.2 Å². The highest BCUT2D eigenvalue weighted by Crippen LogP contribution is 2.19. The van der Waals surface area contributed by atoms with E-state index in [2.05, 4.69) is 29.4 Å². The lowest BCUT2D eigenvalue weighted by Gasteiger charge is -2.14. The van der Waals surface area contributed by atoms with Gasteiger partial charge in [-0.15, -0.1) is 0 Å². The number of aromatic nitrogens is 1. The fraction of sp³-hybridized carbons (Fsp3) is 0.538. The largest absolute Gasteiger partial charge is 0.480 e. The zero-order valence-electron chi connectivity index (χ0n) is 18.9. The maximum Gasteiger partial charge on any atom is 0.326 e. The average Bonchev–Trinajstić information content (AvgIpc) is 3.17. The second-order valence-electron chi connectivity index (χ2n) is 8.30. The molecule has 1 heterocycles. The Morgan fingerprint density at radius 2 is 1.68 bits per heavy atom. The molecular weight excluding hydrogens is 388 g/mol. The van der Waals surface area contributed by atoms with Crippen molar-refractivity contribution in [1.82, 2.24) is 10.3 Å². The summed E-state index contributed by atoms with van der Waals surface area (Å²) in [7, 11) is 0. The van der Waals surface area contributed by atoms with Crippen molar-refractivity contribution in [3.63, 3.8) is 0 Å². The van der Waals surface area contributed by atoms with Crippen molar-refractivity contribution < 1.29 is 14.7 Å². The van der Waals surface area contributed by atoms with E-state index in [1.165, 1.54) is 38.5 Å². The minimum Gasteiger partial charge on any atom is -0.480 e. The number of hydrogen-bond donors (Lipinski definition) is 3. The van der Waals surface area contributed by atoms with Crippen LogP contribution in [0.5, 0.6) is 0 Å². The number of carbonyl (C=O) groups is 2. The van der Waals surface area contributed by atoms with Crippen molar-refractivity contribution in [1.29, 1.82) is 0 Å². The van der Waals surface area contributed by atoms with E-state index in [1.54, 1.807) is 0 Å². The lowest BCUT2D eigenvalue weighted by molar-refractivity contribution is -0.141. The van der Waals surface area contributed by atoms with Crippen molar-refractivity contribution >= 4 is 22.8 Å². The van der Waals surface area contributed by atoms with Crippen LogP contribution >= 0.6 is 0 Å². The molecule has 2 aromatic rings. The number of unbranched alkanes of at least 4 members (excludes halogenated alkanes) is 8. The van der Waals surface area contributed by atoms with Crippen LogP contribution in [0.4, 0.5) is 0 Å². The van der Waals surface area contributed by atoms with Gasteiger partial charge in [-0.2, -0.15) is 0 Å². The van der Waals surface area contributed by atoms with Crippen LogP contribution in [0, 0.1) is 0 Å². The van der Waals surface area contributed by atoms with Gasteiger partial charge in [0.1, 0.15) is 6.04 Å². The molecule has 0 aliphatic heterocycles. The molecule has 0 spiro atoms. The van der Waals surface area contributed by atoms with Gasteiger partial charge in [0.05, 0.1) is 0 Å². The van der Waals surface area contributed by atoms with Gasteiger partial charge in [0.2, 0.25) is 5.91 Å². The Kier molecular flexibility index (Phi) is 11.5. The molecule has 5 heteroatoms. The number of aromatic amines is 1. The summed E-state index contributed by atoms with van der Waals surface area (Å²) in [6.45, 7) is 2.23. The van der Waals surface area contributed by atoms with E-state index in [-0.39, 0.29) is 12.3 Å². The van der Waals surface area contributed by atoms with Crippen molar-refractivity contribution in [2.24, 2.45) is 0 Å². The quantitative estimate of drug-likeness (QED) is 0.222. The van der Waals surface area contributed by atoms with Crippen molar-refractivity contribution in [2.45, 2.75) is 90.0 Å². The summed E-state index contributed by atoms with van der Waals surface area (Å²) in [6.07, 6.45) is 18.6. The minimum atomic E-state index is -0.999. The summed E-state index contributed by atoms with van der Waals surface area (Å²) < 4.78 is 0. The maximum atomic E-state index is 12.2. The Bertz CT molecular complexity index is 825. The van der Waals surface area contributed by atoms with Gasteiger partial charge in [-0.05, 0) is 43.7 Å². The third-order valence-corrected chi connectivity index (χ3v) is 5.65. The molecule has 0 unspecified atom stereocenters. The van der Waals surface area contributed by atoms with E-state index in [0.29, 0.717) is 6.42 Å². The molecule has 0 fully saturated rings. The Morgan fingerprint density at radius 1 is 1.00 bits per heavy atom. The third-order valence-electron chi connectivity index (χ3n) is 5.65. The zero-order chi connectivity index (χ0) is 22.3. The van der Waals surface area contributed by atoms with E-state index >= 15 is 0 Å². The standard InChI is InChI=1S/C26H38N2O3/c1-2-3-4-5-6-7-8-9-10-11-12-13-18-25(29)28-24(26(30)31)19-21-20-27-23-17-15-14-16-22(21)23/h6-7,14-17,20,24,27H,2-5,8-13,18-19H2,1H3,(H,28,29)(H,30,31)/b7-6-/t24-/m0/s1. The first kappa shape index (κ1) is 24.7. The number of para-hydroxylation sites is 1. The van der Waals surface area contributed by atoms with Crippen LogP contribution in [0.1, 0.15) is 83.1 Å². The Hall–Kier alpha value is -2.56. The number of rotatable bonds is 16. The van der Waals surface area contributed by atoms with Gasteiger partial charge in [0, 0.05) is 29.9 Å². The van der Waals surface area contributed by atoms with Crippen LogP contribution in [0.25, 0.3) is 10.9 Å². The molecule has 0 saturated heterocycles. The summed E-state index contributed by atoms with van der Waals surface area (Å²) in [5.41, 5.74) is 1.88. The van der Waals surface area contributed by atoms with Gasteiger partial charge in [0.15, 0.2) is 0 Å². The van der Waals surface area contributed by atoms with Gasteiger partial charge in [-0.25, -0.2) is 4.79 Å². The van der Waals surface area contributed by atoms with E-state index in [4.69, 9.17) is 0 Å². The molecule has 3 N–H and O–H groups in total. The van der Waals surface area contributed by atoms with Gasteiger partial charge in [0.25, 0.3) is 0 Å². The maximum absolute atomic E-state index is 12.2. The van der Waals surface area contributed by atoms with Crippen LogP contribution in [-0.2, 0) is 16.0 Å². The highest BCUT2D eigenvalue weighted by atomic mass is 16.4. The van der Waals surface area contributed by atoms with Crippen molar-refractivity contribution in [3.05, 3.63) is 48.2 Å². The van der Waals surface area contributed by atoms with Crippen LogP contribution < -0.4 is 5.32 Å². The monoisotopic (exact) mass is 426 g/mol. The average molecular weight is 427 g/mol. The molecule has 2 rings (SSSR count). The number of fused-ring (bicyclic) bond motifs is 1. The number of amides is 1. The first-order valence-electron chi connectivity index (χ1n) is 11.8. The molecular formula is C26H38N2O3. The Labute approximate surface area is 186 Å². The number of aliphatic carboxylic acids is 1. The molecule has 0 bridgehead atoms. The zero-order valence-corrected chi connectivity index (χ0v) is 18.9. The SMILES string of the molecule is CCCCC/C=C\CCCCCCCC(=O)N[C@@H](Cc1c[nH]c2ccccc12)C(=O)O. The van der Waals surface area contributed by atoms with Crippen LogP contribution in [0.15, 0.2) is 42.6 Å². The number of allylic oxidation sites excluding steroid dienone is 2. The first-order valence-corrected chi connectivity index (χ1v) is 11.8. The molecule has 0 aliphatic carbocycles. The number of carboxylic acids is 1. The normalized spacial score (nSPS) is 12.4. The summed E-state index contributed by atoms with van der Waals surface area (Å²) in [5.74, 6) is -1.18. The van der Waals surface area contributed by atoms with Gasteiger partial charge >= 0.3 is 5.97 Å². The Balaban J connectivity index is 1.60. The highest BCUT2D eigenvalue weighted by molar-refractivity contribution is 5.86. The number of benzene rings is 1. The fourth-order valence-electron chi connectivity index (χ4n) is 3.81. The molecule has 0 aliphatic rings. The number of nitrogens with one attached hydrogen (secondary N) is 2. The minimum absolute atomic E-state index is 0.178. The fourth-order valence-corrected chi connectivity index (χ4v) is 3.81. The summed E-state index contributed by atoms with van der Waals surface area (Å²) >= 11 is 0. The highest BCUT2D eigenvalue weighted by Gasteiger charge is 2.21. The molecule has 1 aromatic carbocycles. The molecule has 31 heavy (non-hydrogen) atoms. The van der Waals surface area contributed by atoms with Crippen molar-refractivity contribution in [2.75, 3.05) is 0 Å². The van der Waals surface area contributed by atoms with Gasteiger partial charge in [-0.3, -0.25) is 4.79 Å². The van der Waals surface area contributed by atoms with E-state index < -0.39 is 12.0 Å². The lowest BCUT2D eigenvalue weighted by Crippen LogP contribution is -2.42. The molecule has 1 amide bonds. The Morgan fingerprint density at radius 3 is 2.42 bits per heavy atom. The molecule has 1 atom stereocenters. The molecule has 0 saturated carbocycles. The number of H-pyrrole nitrogens is 1. The second-order valence-corrected chi connectivity index (χ2v) is 8.30. The van der Waals surface area contributed by atoms with E-state index in [0.717, 1.165) is 42.1 Å². The van der Waals surface area contributed by atoms with Gasteiger partial charge in [-0.1, -0.05) is 69.4 Å². The van der Waals surface area contributed by atoms with Crippen LogP contribution in [-0.4, -0.2) is 28.0 Å². The molecule has 5 nitrogen and oxygen atoms in total. The number of carbonyl (C=O) groups excluding carboxylic acids is 1. The number of hydrogen-bond acceptors (Lipinski definition) is 2. The van der Waals surface area contributed by atoms with Crippen LogP contribution in [0.3, 0.4) is 0 Å². The van der Waals surface area contributed by atoms with Crippen molar-refractivity contribution in [3.8, 4) is 0 Å². The predicted octanol–water partition coefficient (Wildman–Crippen LogP) is 6.15. The molecule has 1 aromatic heterocycles. The third kappa shape index (κ3) is 9.41. The van der Waals surface area contributed by atoms with Gasteiger partial charge < -0.3 is 15.4 Å². The predicted molar refractivity (Wildman–Crippen MR) is 127 cm³/mol. The molecule has 170 valence electrons. The summed E-state index contributed by atoms with van der Waals surface area (Å²) in [6, 6.07) is 6.87. The first-order chi connectivity index (χ1) is 15.1.